The molecule has 10 heteroatoms. The number of carbonyl (C=O) groups excluding carboxylic acids is 1. The molecule has 1 aliphatic heterocycles. The number of benzene rings is 1. The average molecular weight is 476 g/mol. The molecule has 8 nitrogen and oxygen atoms in total. The van der Waals surface area contributed by atoms with Crippen LogP contribution in [0.3, 0.4) is 0 Å². The number of rotatable bonds is 11. The second-order valence-electron chi connectivity index (χ2n) is 8.46. The highest BCUT2D eigenvalue weighted by Gasteiger charge is 2.43. The molecule has 1 aromatic rings. The van der Waals surface area contributed by atoms with Crippen molar-refractivity contribution in [2.24, 2.45) is 10.7 Å². The lowest BCUT2D eigenvalue weighted by Gasteiger charge is -2.32. The van der Waals surface area contributed by atoms with Crippen molar-refractivity contribution in [1.82, 2.24) is 0 Å². The Kier molecular flexibility index (Phi) is 10.4. The van der Waals surface area contributed by atoms with Crippen molar-refractivity contribution in [2.75, 3.05) is 6.61 Å². The van der Waals surface area contributed by atoms with Crippen molar-refractivity contribution >= 4 is 21.3 Å². The molecule has 0 spiro atoms. The molecule has 2 radical (unpaired) electrons. The fraction of sp³-hybridized carbons (Fsp3) is 0.652. The van der Waals surface area contributed by atoms with Gasteiger partial charge in [0, 0.05) is 6.00 Å². The van der Waals surface area contributed by atoms with E-state index in [2.05, 4.69) is 0 Å². The highest BCUT2D eigenvalue weighted by atomic mass is 31.2. The number of hydrogen-bond donors (Lipinski definition) is 1. The Hall–Kier alpha value is -1.85. The van der Waals surface area contributed by atoms with Crippen LogP contribution in [-0.4, -0.2) is 61.5 Å². The monoisotopic (exact) mass is 476 g/mol. The summed E-state index contributed by atoms with van der Waals surface area (Å²) in [6.45, 7) is 9.13. The van der Waals surface area contributed by atoms with Crippen LogP contribution in [0.1, 0.15) is 47.5 Å². The van der Waals surface area contributed by atoms with Crippen LogP contribution in [0, 0.1) is 17.2 Å². The number of nitriles is 1. The fourth-order valence-corrected chi connectivity index (χ4v) is 6.28. The molecule has 2 rings (SSSR count). The molecule has 1 aromatic carbocycles. The molecule has 1 N–H and O–H groups in total. The van der Waals surface area contributed by atoms with E-state index < -0.39 is 43.6 Å². The summed E-state index contributed by atoms with van der Waals surface area (Å²) in [5.41, 5.74) is -0.156. The van der Waals surface area contributed by atoms with E-state index >= 15 is 0 Å². The number of esters is 1. The van der Waals surface area contributed by atoms with Crippen LogP contribution in [0.15, 0.2) is 35.1 Å². The first-order valence-electron chi connectivity index (χ1n) is 11.3. The van der Waals surface area contributed by atoms with Crippen LogP contribution < -0.4 is 4.52 Å². The van der Waals surface area contributed by atoms with Crippen molar-refractivity contribution in [3.05, 3.63) is 30.3 Å². The van der Waals surface area contributed by atoms with Crippen molar-refractivity contribution in [3.8, 4) is 11.8 Å². The number of aliphatic hydroxyl groups is 1. The Morgan fingerprint density at radius 3 is 2.52 bits per heavy atom. The summed E-state index contributed by atoms with van der Waals surface area (Å²) in [5, 5.41) is 19.7. The third kappa shape index (κ3) is 7.32. The SMILES string of the molecule is [B]C1OC(COP(=NC(C)C(=O)OC(C)C)(Oc2ccccc2)C(C)CCC)C(O)C1C#N. The van der Waals surface area contributed by atoms with Gasteiger partial charge in [0.2, 0.25) is 0 Å². The molecule has 33 heavy (non-hydrogen) atoms. The van der Waals surface area contributed by atoms with Gasteiger partial charge < -0.3 is 23.6 Å². The number of ether oxygens (including phenoxy) is 2. The van der Waals surface area contributed by atoms with Gasteiger partial charge in [-0.05, 0) is 39.3 Å². The summed E-state index contributed by atoms with van der Waals surface area (Å²) in [7, 11) is 2.74. The minimum Gasteiger partial charge on any atom is -0.461 e. The molecule has 0 aromatic heterocycles. The zero-order valence-electron chi connectivity index (χ0n) is 20.0. The quantitative estimate of drug-likeness (QED) is 0.292. The maximum atomic E-state index is 12.6. The Bertz CT molecular complexity index is 862. The van der Waals surface area contributed by atoms with Crippen LogP contribution in [0.5, 0.6) is 5.75 Å². The maximum Gasteiger partial charge on any atom is 0.330 e. The van der Waals surface area contributed by atoms with Gasteiger partial charge in [0.05, 0.1) is 36.5 Å². The summed E-state index contributed by atoms with van der Waals surface area (Å²) >= 11 is 0. The van der Waals surface area contributed by atoms with E-state index in [1.54, 1.807) is 32.9 Å². The van der Waals surface area contributed by atoms with Crippen molar-refractivity contribution in [1.29, 1.82) is 5.26 Å². The lowest BCUT2D eigenvalue weighted by atomic mass is 9.86. The van der Waals surface area contributed by atoms with Crippen LogP contribution in [0.25, 0.3) is 0 Å². The van der Waals surface area contributed by atoms with Gasteiger partial charge in [-0.1, -0.05) is 38.5 Å². The summed E-state index contributed by atoms with van der Waals surface area (Å²) in [6.07, 6.45) is -0.601. The standard InChI is InChI=1S/C23H34BN2O6P/c1-6-10-16(4)33(32-18-11-8-7-9-12-18,26-17(5)23(28)30-15(2)3)29-14-20-21(27)19(13-25)22(24)31-20/h7-9,11-12,15-17,19-22,27H,6,10,14H2,1-5H3. The predicted octanol–water partition coefficient (Wildman–Crippen LogP) is 4.04. The smallest absolute Gasteiger partial charge is 0.330 e. The van der Waals surface area contributed by atoms with Crippen LogP contribution in [0.4, 0.5) is 0 Å². The molecule has 0 saturated carbocycles. The molecule has 0 amide bonds. The number of nitrogens with zero attached hydrogens (tertiary/aromatic N) is 2. The van der Waals surface area contributed by atoms with Gasteiger partial charge in [0.1, 0.15) is 25.7 Å². The second kappa shape index (κ2) is 12.6. The maximum absolute atomic E-state index is 12.6. The Balaban J connectivity index is 2.43. The van der Waals surface area contributed by atoms with E-state index in [9.17, 15) is 15.2 Å². The van der Waals surface area contributed by atoms with E-state index in [-0.39, 0.29) is 18.4 Å². The summed E-state index contributed by atoms with van der Waals surface area (Å²) < 4.78 is 28.4. The van der Waals surface area contributed by atoms with Gasteiger partial charge in [-0.15, -0.1) is 0 Å². The zero-order valence-corrected chi connectivity index (χ0v) is 20.9. The van der Waals surface area contributed by atoms with E-state index in [1.165, 1.54) is 0 Å². The molecule has 0 bridgehead atoms. The topological polar surface area (TPSA) is 110 Å². The van der Waals surface area contributed by atoms with Crippen LogP contribution >= 0.6 is 7.51 Å². The minimum atomic E-state index is -3.10. The lowest BCUT2D eigenvalue weighted by molar-refractivity contribution is -0.148. The normalized spacial score (nSPS) is 26.1. The van der Waals surface area contributed by atoms with E-state index in [0.717, 1.165) is 12.8 Å². The van der Waals surface area contributed by atoms with Crippen molar-refractivity contribution in [3.63, 3.8) is 0 Å². The molecular weight excluding hydrogens is 442 g/mol. The van der Waals surface area contributed by atoms with Gasteiger partial charge in [-0.3, -0.25) is 0 Å². The molecular formula is C23H34BN2O6P. The van der Waals surface area contributed by atoms with E-state index in [1.807, 2.05) is 38.1 Å². The molecule has 1 saturated heterocycles. The lowest BCUT2D eigenvalue weighted by Crippen LogP contribution is -2.31. The molecule has 1 heterocycles. The third-order valence-electron chi connectivity index (χ3n) is 5.28. The first kappa shape index (κ1) is 27.4. The van der Waals surface area contributed by atoms with Gasteiger partial charge in [-0.25, -0.2) is 9.54 Å². The summed E-state index contributed by atoms with van der Waals surface area (Å²) in [6, 6.07) is 9.38. The Labute approximate surface area is 198 Å². The average Bonchev–Trinajstić information content (AvgIpc) is 3.04. The molecule has 7 atom stereocenters. The Morgan fingerprint density at radius 2 is 1.97 bits per heavy atom. The molecule has 7 unspecified atom stereocenters. The van der Waals surface area contributed by atoms with E-state index in [4.69, 9.17) is 31.1 Å². The highest BCUT2D eigenvalue weighted by molar-refractivity contribution is 7.57. The second-order valence-corrected chi connectivity index (χ2v) is 11.1. The first-order chi connectivity index (χ1) is 15.6. The van der Waals surface area contributed by atoms with Crippen LogP contribution in [-0.2, 0) is 18.8 Å². The minimum absolute atomic E-state index is 0.0862. The van der Waals surface area contributed by atoms with Gasteiger partial charge >= 0.3 is 5.97 Å². The zero-order chi connectivity index (χ0) is 24.6. The van der Waals surface area contributed by atoms with Crippen LogP contribution in [0.2, 0.25) is 0 Å². The fourth-order valence-electron chi connectivity index (χ4n) is 3.51. The van der Waals surface area contributed by atoms with Gasteiger partial charge in [0.15, 0.2) is 0 Å². The number of para-hydroxylation sites is 1. The molecule has 0 aliphatic carbocycles. The first-order valence-corrected chi connectivity index (χ1v) is 13.0. The largest absolute Gasteiger partial charge is 0.461 e. The summed E-state index contributed by atoms with van der Waals surface area (Å²) in [5.74, 6) is -0.769. The number of hydrogen-bond acceptors (Lipinski definition) is 8. The van der Waals surface area contributed by atoms with Gasteiger partial charge in [-0.2, -0.15) is 5.26 Å². The molecule has 180 valence electrons. The number of carbonyl (C=O) groups is 1. The Morgan fingerprint density at radius 1 is 1.30 bits per heavy atom. The van der Waals surface area contributed by atoms with Gasteiger partial charge in [0.25, 0.3) is 7.51 Å². The molecule has 1 fully saturated rings. The number of aliphatic hydroxyl groups excluding tert-OH is 1. The third-order valence-corrected chi connectivity index (χ3v) is 8.31. The van der Waals surface area contributed by atoms with E-state index in [0.29, 0.717) is 5.75 Å². The highest BCUT2D eigenvalue weighted by Crippen LogP contribution is 2.58. The molecule has 1 aliphatic rings. The van der Waals surface area contributed by atoms with Crippen molar-refractivity contribution < 1.29 is 28.4 Å². The summed E-state index contributed by atoms with van der Waals surface area (Å²) in [4.78, 5) is 12.6. The predicted molar refractivity (Wildman–Crippen MR) is 127 cm³/mol. The van der Waals surface area contributed by atoms with Crippen molar-refractivity contribution in [2.45, 2.75) is 83.5 Å².